The number of anilines is 2. The van der Waals surface area contributed by atoms with Crippen LogP contribution in [0.4, 0.5) is 10.8 Å². The summed E-state index contributed by atoms with van der Waals surface area (Å²) in [5, 5.41) is 5.61. The van der Waals surface area contributed by atoms with Crippen LogP contribution in [0.2, 0.25) is 0 Å². The number of carbonyl (C=O) groups excluding carboxylic acids is 1. The molecule has 10 heteroatoms. The summed E-state index contributed by atoms with van der Waals surface area (Å²) in [6.07, 6.45) is 3.83. The first-order chi connectivity index (χ1) is 14.4. The second-order valence-corrected chi connectivity index (χ2v) is 7.14. The van der Waals surface area contributed by atoms with Gasteiger partial charge in [-0.1, -0.05) is 0 Å². The van der Waals surface area contributed by atoms with Crippen LogP contribution in [0.15, 0.2) is 51.5 Å². The molecule has 2 aromatic heterocycles. The third-order valence-electron chi connectivity index (χ3n) is 4.13. The monoisotopic (exact) mass is 428 g/mol. The minimum atomic E-state index is -0.622. The molecule has 0 spiro atoms. The van der Waals surface area contributed by atoms with E-state index in [1.54, 1.807) is 12.5 Å². The fraction of sp³-hybridized carbons (Fsp3) is 0.200. The zero-order valence-electron chi connectivity index (χ0n) is 16.6. The normalized spacial score (nSPS) is 10.9. The molecule has 0 saturated carbocycles. The standard InChI is InChI=1S/C20H20N4O5S/c1-23-10-13(18(26)24(2)20(23)27)4-9-17(25)29-11-15-12-30-19(22-15)21-14-5-7-16(28-3)8-6-14/h4-10,12H,11H2,1-3H3,(H,21,22)/b9-4+. The third kappa shape index (κ3) is 5.03. The third-order valence-corrected chi connectivity index (χ3v) is 4.93. The fourth-order valence-electron chi connectivity index (χ4n) is 2.53. The highest BCUT2D eigenvalue weighted by atomic mass is 32.1. The van der Waals surface area contributed by atoms with E-state index >= 15 is 0 Å². The lowest BCUT2D eigenvalue weighted by molar-refractivity contribution is -0.139. The number of benzene rings is 1. The van der Waals surface area contributed by atoms with Crippen molar-refractivity contribution < 1.29 is 14.3 Å². The zero-order valence-corrected chi connectivity index (χ0v) is 17.4. The number of hydrogen-bond acceptors (Lipinski definition) is 8. The SMILES string of the molecule is COc1ccc(Nc2nc(COC(=O)/C=C/c3cn(C)c(=O)n(C)c3=O)cs2)cc1. The van der Waals surface area contributed by atoms with Crippen LogP contribution in [0, 0.1) is 0 Å². The Kier molecular flexibility index (Phi) is 6.48. The van der Waals surface area contributed by atoms with E-state index in [2.05, 4.69) is 10.3 Å². The molecule has 0 bridgehead atoms. The molecule has 0 unspecified atom stereocenters. The van der Waals surface area contributed by atoms with Gasteiger partial charge in [0, 0.05) is 37.4 Å². The molecule has 0 aliphatic rings. The van der Waals surface area contributed by atoms with Crippen LogP contribution in [-0.2, 0) is 30.2 Å². The summed E-state index contributed by atoms with van der Waals surface area (Å²) >= 11 is 1.38. The summed E-state index contributed by atoms with van der Waals surface area (Å²) in [5.74, 6) is 0.138. The highest BCUT2D eigenvalue weighted by Gasteiger charge is 2.07. The van der Waals surface area contributed by atoms with E-state index in [0.29, 0.717) is 10.8 Å². The van der Waals surface area contributed by atoms with Gasteiger partial charge in [0.15, 0.2) is 5.13 Å². The van der Waals surface area contributed by atoms with E-state index in [-0.39, 0.29) is 12.2 Å². The van der Waals surface area contributed by atoms with Gasteiger partial charge in [-0.2, -0.15) is 0 Å². The number of carbonyl (C=O) groups is 1. The number of nitrogens with zero attached hydrogens (tertiary/aromatic N) is 3. The minimum Gasteiger partial charge on any atom is -0.497 e. The molecular formula is C20H20N4O5S. The summed E-state index contributed by atoms with van der Waals surface area (Å²) < 4.78 is 12.5. The summed E-state index contributed by atoms with van der Waals surface area (Å²) in [5.41, 5.74) is 0.723. The molecule has 9 nitrogen and oxygen atoms in total. The van der Waals surface area contributed by atoms with Gasteiger partial charge in [0.05, 0.1) is 18.4 Å². The second kappa shape index (κ2) is 9.23. The topological polar surface area (TPSA) is 104 Å². The van der Waals surface area contributed by atoms with Gasteiger partial charge in [-0.05, 0) is 30.3 Å². The maximum atomic E-state index is 12.0. The lowest BCUT2D eigenvalue weighted by atomic mass is 10.3. The van der Waals surface area contributed by atoms with Gasteiger partial charge in [-0.15, -0.1) is 11.3 Å². The molecule has 0 fully saturated rings. The van der Waals surface area contributed by atoms with Gasteiger partial charge in [0.1, 0.15) is 12.4 Å². The maximum Gasteiger partial charge on any atom is 0.331 e. The number of aryl methyl sites for hydroxylation is 1. The van der Waals surface area contributed by atoms with Crippen LogP contribution < -0.4 is 21.3 Å². The Morgan fingerprint density at radius 1 is 1.23 bits per heavy atom. The highest BCUT2D eigenvalue weighted by molar-refractivity contribution is 7.13. The quantitative estimate of drug-likeness (QED) is 0.454. The van der Waals surface area contributed by atoms with Gasteiger partial charge in [-0.3, -0.25) is 9.36 Å². The molecule has 1 aromatic carbocycles. The first kappa shape index (κ1) is 21.1. The average molecular weight is 428 g/mol. The molecule has 0 aliphatic carbocycles. The summed E-state index contributed by atoms with van der Waals surface area (Å²) in [4.78, 5) is 40.1. The molecule has 3 rings (SSSR count). The van der Waals surface area contributed by atoms with E-state index in [1.807, 2.05) is 24.3 Å². The molecule has 156 valence electrons. The lowest BCUT2D eigenvalue weighted by Gasteiger charge is -2.04. The summed E-state index contributed by atoms with van der Waals surface area (Å²) in [6, 6.07) is 7.41. The first-order valence-corrected chi connectivity index (χ1v) is 9.72. The predicted molar refractivity (Wildman–Crippen MR) is 114 cm³/mol. The first-order valence-electron chi connectivity index (χ1n) is 8.84. The van der Waals surface area contributed by atoms with Gasteiger partial charge in [-0.25, -0.2) is 14.6 Å². The number of hydrogen-bond donors (Lipinski definition) is 1. The van der Waals surface area contributed by atoms with E-state index in [4.69, 9.17) is 9.47 Å². The van der Waals surface area contributed by atoms with Crippen molar-refractivity contribution in [3.8, 4) is 5.75 Å². The van der Waals surface area contributed by atoms with Crippen LogP contribution in [0.1, 0.15) is 11.3 Å². The van der Waals surface area contributed by atoms with Crippen molar-refractivity contribution in [1.82, 2.24) is 14.1 Å². The van der Waals surface area contributed by atoms with Crippen LogP contribution in [0.3, 0.4) is 0 Å². The second-order valence-electron chi connectivity index (χ2n) is 6.28. The summed E-state index contributed by atoms with van der Waals surface area (Å²) in [7, 11) is 4.51. The smallest absolute Gasteiger partial charge is 0.331 e. The maximum absolute atomic E-state index is 12.0. The lowest BCUT2D eigenvalue weighted by Crippen LogP contribution is -2.37. The van der Waals surface area contributed by atoms with Gasteiger partial charge >= 0.3 is 11.7 Å². The molecule has 0 amide bonds. The van der Waals surface area contributed by atoms with Gasteiger partial charge in [0.2, 0.25) is 0 Å². The van der Waals surface area contributed by atoms with Crippen molar-refractivity contribution in [3.05, 3.63) is 74.0 Å². The van der Waals surface area contributed by atoms with Crippen molar-refractivity contribution in [2.75, 3.05) is 12.4 Å². The van der Waals surface area contributed by atoms with E-state index in [1.165, 1.54) is 42.3 Å². The molecule has 0 saturated heterocycles. The number of nitrogens with one attached hydrogen (secondary N) is 1. The number of thiazole rings is 1. The molecule has 1 N–H and O–H groups in total. The van der Waals surface area contributed by atoms with Crippen LogP contribution in [0.25, 0.3) is 6.08 Å². The van der Waals surface area contributed by atoms with Crippen molar-refractivity contribution in [1.29, 1.82) is 0 Å². The van der Waals surface area contributed by atoms with E-state index in [0.717, 1.165) is 22.1 Å². The molecule has 0 radical (unpaired) electrons. The molecular weight excluding hydrogens is 408 g/mol. The number of methoxy groups -OCH3 is 1. The van der Waals surface area contributed by atoms with E-state index < -0.39 is 17.2 Å². The number of ether oxygens (including phenoxy) is 2. The Morgan fingerprint density at radius 2 is 1.97 bits per heavy atom. The van der Waals surface area contributed by atoms with Gasteiger partial charge < -0.3 is 19.4 Å². The Balaban J connectivity index is 1.57. The molecule has 0 aliphatic heterocycles. The Hall–Kier alpha value is -3.66. The predicted octanol–water partition coefficient (Wildman–Crippen LogP) is 2.05. The average Bonchev–Trinajstić information content (AvgIpc) is 3.20. The minimum absolute atomic E-state index is 0.00471. The molecule has 2 heterocycles. The van der Waals surface area contributed by atoms with Gasteiger partial charge in [0.25, 0.3) is 5.56 Å². The largest absolute Gasteiger partial charge is 0.497 e. The summed E-state index contributed by atoms with van der Waals surface area (Å²) in [6.45, 7) is -0.00471. The fourth-order valence-corrected chi connectivity index (χ4v) is 3.25. The van der Waals surface area contributed by atoms with Crippen LogP contribution in [-0.4, -0.2) is 27.2 Å². The Labute approximate surface area is 175 Å². The zero-order chi connectivity index (χ0) is 21.7. The van der Waals surface area contributed by atoms with Crippen molar-refractivity contribution in [2.45, 2.75) is 6.61 Å². The Bertz CT molecular complexity index is 1190. The number of rotatable bonds is 7. The van der Waals surface area contributed by atoms with Crippen molar-refractivity contribution in [2.24, 2.45) is 14.1 Å². The number of esters is 1. The van der Waals surface area contributed by atoms with E-state index in [9.17, 15) is 14.4 Å². The molecule has 30 heavy (non-hydrogen) atoms. The van der Waals surface area contributed by atoms with Crippen LogP contribution in [0.5, 0.6) is 5.75 Å². The van der Waals surface area contributed by atoms with Crippen LogP contribution >= 0.6 is 11.3 Å². The van der Waals surface area contributed by atoms with Crippen molar-refractivity contribution in [3.63, 3.8) is 0 Å². The number of aromatic nitrogens is 3. The molecule has 0 atom stereocenters. The highest BCUT2D eigenvalue weighted by Crippen LogP contribution is 2.23. The Morgan fingerprint density at radius 3 is 2.67 bits per heavy atom. The molecule has 3 aromatic rings. The van der Waals surface area contributed by atoms with Crippen molar-refractivity contribution >= 4 is 34.2 Å².